The van der Waals surface area contributed by atoms with Gasteiger partial charge in [0.15, 0.2) is 0 Å². The minimum atomic E-state index is -3.22. The van der Waals surface area contributed by atoms with Crippen LogP contribution < -0.4 is 10.5 Å². The van der Waals surface area contributed by atoms with Crippen LogP contribution in [0.4, 0.5) is 0 Å². The van der Waals surface area contributed by atoms with Gasteiger partial charge in [-0.25, -0.2) is 13.1 Å². The van der Waals surface area contributed by atoms with Gasteiger partial charge in [-0.05, 0) is 31.6 Å². The third kappa shape index (κ3) is 4.19. The van der Waals surface area contributed by atoms with Crippen molar-refractivity contribution in [2.75, 3.05) is 18.9 Å². The zero-order chi connectivity index (χ0) is 13.0. The highest BCUT2D eigenvalue weighted by molar-refractivity contribution is 7.89. The molecule has 3 atom stereocenters. The second-order valence-corrected chi connectivity index (χ2v) is 7.32. The number of sulfonamides is 1. The fourth-order valence-electron chi connectivity index (χ4n) is 2.80. The summed E-state index contributed by atoms with van der Waals surface area (Å²) in [7, 11) is -3.22. The Balaban J connectivity index is 1.76. The highest BCUT2D eigenvalue weighted by Crippen LogP contribution is 2.22. The molecule has 1 heterocycles. The molecule has 1 saturated carbocycles. The van der Waals surface area contributed by atoms with Crippen molar-refractivity contribution < 1.29 is 13.2 Å². The summed E-state index contributed by atoms with van der Waals surface area (Å²) in [5, 5.41) is 0. The van der Waals surface area contributed by atoms with Crippen molar-refractivity contribution >= 4 is 10.0 Å². The number of nitrogens with two attached hydrogens (primary N) is 1. The Hall–Kier alpha value is -0.170. The lowest BCUT2D eigenvalue weighted by molar-refractivity contribution is 0.127. The number of ether oxygens (including phenoxy) is 1. The molecule has 3 N–H and O–H groups in total. The van der Waals surface area contributed by atoms with Crippen LogP contribution >= 0.6 is 0 Å². The third-order valence-electron chi connectivity index (χ3n) is 3.96. The van der Waals surface area contributed by atoms with E-state index in [2.05, 4.69) is 4.72 Å². The summed E-state index contributed by atoms with van der Waals surface area (Å²) in [6.07, 6.45) is 6.06. The van der Waals surface area contributed by atoms with Gasteiger partial charge in [-0.1, -0.05) is 12.8 Å². The highest BCUT2D eigenvalue weighted by Gasteiger charge is 2.26. The van der Waals surface area contributed by atoms with Crippen LogP contribution in [0.15, 0.2) is 0 Å². The Kier molecular flexibility index (Phi) is 5.00. The molecule has 106 valence electrons. The van der Waals surface area contributed by atoms with Crippen molar-refractivity contribution in [3.8, 4) is 0 Å². The predicted molar refractivity (Wildman–Crippen MR) is 70.7 cm³/mol. The standard InChI is InChI=1S/C12H24N2O3S/c13-12-6-2-1-4-10(12)8-14-18(15,16)9-11-5-3-7-17-11/h10-12,14H,1-9,13H2. The van der Waals surface area contributed by atoms with E-state index in [0.717, 1.165) is 32.1 Å². The quantitative estimate of drug-likeness (QED) is 0.770. The van der Waals surface area contributed by atoms with Crippen molar-refractivity contribution in [1.29, 1.82) is 0 Å². The van der Waals surface area contributed by atoms with Gasteiger partial charge < -0.3 is 10.5 Å². The molecular weight excluding hydrogens is 252 g/mol. The molecule has 1 aliphatic heterocycles. The van der Waals surface area contributed by atoms with Gasteiger partial charge in [0.05, 0.1) is 11.9 Å². The van der Waals surface area contributed by atoms with E-state index in [9.17, 15) is 8.42 Å². The smallest absolute Gasteiger partial charge is 0.214 e. The van der Waals surface area contributed by atoms with E-state index in [1.807, 2.05) is 0 Å². The van der Waals surface area contributed by atoms with E-state index in [1.165, 1.54) is 6.42 Å². The van der Waals surface area contributed by atoms with Crippen molar-refractivity contribution in [2.45, 2.75) is 50.7 Å². The Morgan fingerprint density at radius 1 is 1.17 bits per heavy atom. The van der Waals surface area contributed by atoms with Crippen LogP contribution in [0, 0.1) is 5.92 Å². The average molecular weight is 276 g/mol. The number of rotatable bonds is 5. The van der Waals surface area contributed by atoms with Crippen molar-refractivity contribution in [1.82, 2.24) is 4.72 Å². The minimum Gasteiger partial charge on any atom is -0.377 e. The summed E-state index contributed by atoms with van der Waals surface area (Å²) in [4.78, 5) is 0. The van der Waals surface area contributed by atoms with Crippen molar-refractivity contribution in [2.24, 2.45) is 11.7 Å². The van der Waals surface area contributed by atoms with Crippen LogP contribution in [0.25, 0.3) is 0 Å². The molecule has 2 aliphatic rings. The van der Waals surface area contributed by atoms with Gasteiger partial charge in [0.25, 0.3) is 0 Å². The molecule has 0 aromatic carbocycles. The second-order valence-electron chi connectivity index (χ2n) is 5.47. The van der Waals surface area contributed by atoms with Gasteiger partial charge in [-0.3, -0.25) is 0 Å². The van der Waals surface area contributed by atoms with Gasteiger partial charge in [-0.2, -0.15) is 0 Å². The molecule has 0 spiro atoms. The van der Waals surface area contributed by atoms with Crippen molar-refractivity contribution in [3.05, 3.63) is 0 Å². The Bertz CT molecular complexity index is 352. The number of hydrogen-bond acceptors (Lipinski definition) is 4. The second kappa shape index (κ2) is 6.32. The summed E-state index contributed by atoms with van der Waals surface area (Å²) >= 11 is 0. The first-order valence-corrected chi connectivity index (χ1v) is 8.56. The molecule has 5 nitrogen and oxygen atoms in total. The third-order valence-corrected chi connectivity index (χ3v) is 5.38. The summed E-state index contributed by atoms with van der Waals surface area (Å²) in [5.74, 6) is 0.382. The normalized spacial score (nSPS) is 33.7. The van der Waals surface area contributed by atoms with Gasteiger partial charge in [0.1, 0.15) is 0 Å². The van der Waals surface area contributed by atoms with Gasteiger partial charge in [0.2, 0.25) is 10.0 Å². The van der Waals surface area contributed by atoms with Gasteiger partial charge in [-0.15, -0.1) is 0 Å². The van der Waals surface area contributed by atoms with E-state index in [4.69, 9.17) is 10.5 Å². The lowest BCUT2D eigenvalue weighted by Gasteiger charge is -2.28. The maximum Gasteiger partial charge on any atom is 0.214 e. The largest absolute Gasteiger partial charge is 0.377 e. The minimum absolute atomic E-state index is 0.0922. The highest BCUT2D eigenvalue weighted by atomic mass is 32.2. The molecule has 1 aliphatic carbocycles. The molecule has 0 amide bonds. The van der Waals surface area contributed by atoms with Crippen molar-refractivity contribution in [3.63, 3.8) is 0 Å². The van der Waals surface area contributed by atoms with Crippen LogP contribution in [0.2, 0.25) is 0 Å². The topological polar surface area (TPSA) is 81.4 Å². The molecule has 2 fully saturated rings. The summed E-state index contributed by atoms with van der Waals surface area (Å²) < 4.78 is 31.9. The molecule has 2 rings (SSSR count). The lowest BCUT2D eigenvalue weighted by Crippen LogP contribution is -2.42. The Labute approximate surface area is 110 Å². The fraction of sp³-hybridized carbons (Fsp3) is 1.00. The molecule has 1 saturated heterocycles. The first-order chi connectivity index (χ1) is 8.57. The molecular formula is C12H24N2O3S. The van der Waals surface area contributed by atoms with E-state index in [1.54, 1.807) is 0 Å². The molecule has 0 bridgehead atoms. The fourth-order valence-corrected chi connectivity index (χ4v) is 4.14. The average Bonchev–Trinajstić information content (AvgIpc) is 2.80. The van der Waals surface area contributed by atoms with Crippen LogP contribution in [-0.4, -0.2) is 39.5 Å². The molecule has 0 aromatic heterocycles. The van der Waals surface area contributed by atoms with E-state index < -0.39 is 10.0 Å². The van der Waals surface area contributed by atoms with Crippen LogP contribution in [0.5, 0.6) is 0 Å². The van der Waals surface area contributed by atoms with Gasteiger partial charge in [0, 0.05) is 19.2 Å². The molecule has 6 heteroatoms. The predicted octanol–water partition coefficient (Wildman–Crippen LogP) is 0.602. The lowest BCUT2D eigenvalue weighted by atomic mass is 9.85. The molecule has 0 radical (unpaired) electrons. The SMILES string of the molecule is NC1CCCCC1CNS(=O)(=O)CC1CCCO1. The summed E-state index contributed by atoms with van der Waals surface area (Å²) in [6, 6.07) is 0.143. The zero-order valence-corrected chi connectivity index (χ0v) is 11.6. The Morgan fingerprint density at radius 2 is 1.94 bits per heavy atom. The van der Waals surface area contributed by atoms with E-state index in [0.29, 0.717) is 13.2 Å². The summed E-state index contributed by atoms with van der Waals surface area (Å²) in [6.45, 7) is 1.17. The Morgan fingerprint density at radius 3 is 2.61 bits per heavy atom. The maximum atomic E-state index is 11.9. The first kappa shape index (κ1) is 14.2. The van der Waals surface area contributed by atoms with Crippen LogP contribution in [0.3, 0.4) is 0 Å². The summed E-state index contributed by atoms with van der Waals surface area (Å²) in [5.41, 5.74) is 6.01. The first-order valence-electron chi connectivity index (χ1n) is 6.91. The maximum absolute atomic E-state index is 11.9. The number of nitrogens with one attached hydrogen (secondary N) is 1. The van der Waals surface area contributed by atoms with Crippen LogP contribution in [0.1, 0.15) is 38.5 Å². The monoisotopic (exact) mass is 276 g/mol. The molecule has 18 heavy (non-hydrogen) atoms. The van der Waals surface area contributed by atoms with E-state index in [-0.39, 0.29) is 23.8 Å². The zero-order valence-electron chi connectivity index (χ0n) is 10.8. The van der Waals surface area contributed by atoms with Gasteiger partial charge >= 0.3 is 0 Å². The molecule has 3 unspecified atom stereocenters. The van der Waals surface area contributed by atoms with E-state index >= 15 is 0 Å². The molecule has 0 aromatic rings. The number of hydrogen-bond donors (Lipinski definition) is 2. The van der Waals surface area contributed by atoms with Crippen LogP contribution in [-0.2, 0) is 14.8 Å².